The molecule has 0 atom stereocenters. The summed E-state index contributed by atoms with van der Waals surface area (Å²) in [5.41, 5.74) is 8.00. The van der Waals surface area contributed by atoms with Gasteiger partial charge in [0.2, 0.25) is 0 Å². The van der Waals surface area contributed by atoms with Crippen molar-refractivity contribution in [1.29, 1.82) is 0 Å². The molecule has 0 unspecified atom stereocenters. The summed E-state index contributed by atoms with van der Waals surface area (Å²) in [5.74, 6) is 0.549. The predicted octanol–water partition coefficient (Wildman–Crippen LogP) is 2.63. The Kier molecular flexibility index (Phi) is 2.35. The third-order valence-corrected chi connectivity index (χ3v) is 2.85. The second-order valence-corrected chi connectivity index (χ2v) is 3.87. The van der Waals surface area contributed by atoms with E-state index in [1.165, 1.54) is 19.3 Å². The van der Waals surface area contributed by atoms with E-state index in [4.69, 9.17) is 5.73 Å². The van der Waals surface area contributed by atoms with E-state index < -0.39 is 0 Å². The second-order valence-electron chi connectivity index (χ2n) is 3.87. The minimum absolute atomic E-state index is 0.0712. The lowest BCUT2D eigenvalue weighted by Gasteiger charge is -2.35. The first-order valence-corrected chi connectivity index (χ1v) is 4.40. The Hall–Kier alpha value is -0.0400. The zero-order valence-corrected chi connectivity index (χ0v) is 7.11. The minimum atomic E-state index is -0.0712. The summed E-state index contributed by atoms with van der Waals surface area (Å²) in [6.07, 6.45) is 6.17. The molecule has 1 aliphatic carbocycles. The van der Waals surface area contributed by atoms with Gasteiger partial charge in [0.25, 0.3) is 0 Å². The first kappa shape index (κ1) is 8.06. The molecule has 1 fully saturated rings. The first-order chi connectivity index (χ1) is 4.65. The SMILES string of the molecule is CC(C)C1([NH])CCCCC1. The summed E-state index contributed by atoms with van der Waals surface area (Å²) < 4.78 is 0. The van der Waals surface area contributed by atoms with E-state index in [0.717, 1.165) is 12.8 Å². The number of hydrogen-bond acceptors (Lipinski definition) is 0. The molecule has 1 heteroatoms. The fourth-order valence-corrected chi connectivity index (χ4v) is 1.76. The molecule has 0 aromatic rings. The molecule has 1 nitrogen and oxygen atoms in total. The molecular weight excluding hydrogens is 122 g/mol. The molecule has 0 bridgehead atoms. The van der Waals surface area contributed by atoms with Crippen LogP contribution in [0.4, 0.5) is 0 Å². The Morgan fingerprint density at radius 2 is 1.60 bits per heavy atom. The van der Waals surface area contributed by atoms with Gasteiger partial charge in [-0.1, -0.05) is 33.1 Å². The maximum absolute atomic E-state index is 8.08. The van der Waals surface area contributed by atoms with Crippen LogP contribution in [0.25, 0.3) is 0 Å². The molecule has 10 heavy (non-hydrogen) atoms. The molecule has 1 aliphatic rings. The molecule has 1 N–H and O–H groups in total. The standard InChI is InChI=1S/C9H18N/c1-8(2)9(10)6-4-3-5-7-9/h8,10H,3-7H2,1-2H3. The maximum Gasteiger partial charge on any atom is 0.0346 e. The summed E-state index contributed by atoms with van der Waals surface area (Å²) in [6, 6.07) is 0. The average Bonchev–Trinajstić information content (AvgIpc) is 1.89. The lowest BCUT2D eigenvalue weighted by atomic mass is 9.75. The van der Waals surface area contributed by atoms with E-state index in [9.17, 15) is 0 Å². The Morgan fingerprint density at radius 1 is 1.10 bits per heavy atom. The van der Waals surface area contributed by atoms with E-state index in [1.54, 1.807) is 0 Å². The van der Waals surface area contributed by atoms with Crippen molar-refractivity contribution in [2.75, 3.05) is 0 Å². The topological polar surface area (TPSA) is 23.8 Å². The normalized spacial score (nSPS) is 25.2. The lowest BCUT2D eigenvalue weighted by molar-refractivity contribution is 0.212. The summed E-state index contributed by atoms with van der Waals surface area (Å²) >= 11 is 0. The van der Waals surface area contributed by atoms with Crippen molar-refractivity contribution in [3.8, 4) is 0 Å². The monoisotopic (exact) mass is 140 g/mol. The van der Waals surface area contributed by atoms with Crippen LogP contribution in [-0.4, -0.2) is 5.54 Å². The summed E-state index contributed by atoms with van der Waals surface area (Å²) in [5, 5.41) is 0. The van der Waals surface area contributed by atoms with Crippen molar-refractivity contribution in [1.82, 2.24) is 5.73 Å². The minimum Gasteiger partial charge on any atom is -0.251 e. The molecular formula is C9H18N. The van der Waals surface area contributed by atoms with Crippen molar-refractivity contribution < 1.29 is 0 Å². The molecule has 0 aromatic heterocycles. The molecule has 0 saturated heterocycles. The van der Waals surface area contributed by atoms with E-state index in [-0.39, 0.29) is 5.54 Å². The lowest BCUT2D eigenvalue weighted by Crippen LogP contribution is -2.38. The van der Waals surface area contributed by atoms with Gasteiger partial charge in [0, 0.05) is 5.54 Å². The highest BCUT2D eigenvalue weighted by atomic mass is 14.8. The van der Waals surface area contributed by atoms with E-state index in [1.807, 2.05) is 0 Å². The maximum atomic E-state index is 8.08. The van der Waals surface area contributed by atoms with Crippen molar-refractivity contribution in [2.24, 2.45) is 5.92 Å². The van der Waals surface area contributed by atoms with Crippen LogP contribution < -0.4 is 5.73 Å². The third-order valence-electron chi connectivity index (χ3n) is 2.85. The Balaban J connectivity index is 2.48. The van der Waals surface area contributed by atoms with E-state index in [0.29, 0.717) is 5.92 Å². The molecule has 0 heterocycles. The zero-order valence-electron chi connectivity index (χ0n) is 7.11. The van der Waals surface area contributed by atoms with Crippen molar-refractivity contribution in [3.05, 3.63) is 0 Å². The third kappa shape index (κ3) is 1.51. The fraction of sp³-hybridized carbons (Fsp3) is 1.00. The van der Waals surface area contributed by atoms with Gasteiger partial charge in [-0.3, -0.25) is 5.73 Å². The Labute approximate surface area is 64.0 Å². The van der Waals surface area contributed by atoms with Gasteiger partial charge >= 0.3 is 0 Å². The Bertz CT molecular complexity index is 101. The van der Waals surface area contributed by atoms with Crippen molar-refractivity contribution >= 4 is 0 Å². The smallest absolute Gasteiger partial charge is 0.0346 e. The number of nitrogens with one attached hydrogen (secondary N) is 1. The van der Waals surface area contributed by atoms with Gasteiger partial charge in [0.15, 0.2) is 0 Å². The van der Waals surface area contributed by atoms with Crippen LogP contribution in [0, 0.1) is 5.92 Å². The van der Waals surface area contributed by atoms with Crippen molar-refractivity contribution in [2.45, 2.75) is 51.5 Å². The van der Waals surface area contributed by atoms with Gasteiger partial charge in [0.1, 0.15) is 0 Å². The largest absolute Gasteiger partial charge is 0.251 e. The Morgan fingerprint density at radius 3 is 1.90 bits per heavy atom. The van der Waals surface area contributed by atoms with Gasteiger partial charge < -0.3 is 0 Å². The van der Waals surface area contributed by atoms with Gasteiger partial charge in [-0.15, -0.1) is 0 Å². The summed E-state index contributed by atoms with van der Waals surface area (Å²) in [6.45, 7) is 4.36. The quantitative estimate of drug-likeness (QED) is 0.534. The number of hydrogen-bond donors (Lipinski definition) is 0. The zero-order chi connectivity index (χ0) is 7.61. The first-order valence-electron chi connectivity index (χ1n) is 4.40. The molecule has 1 saturated carbocycles. The highest BCUT2D eigenvalue weighted by Gasteiger charge is 2.31. The average molecular weight is 140 g/mol. The van der Waals surface area contributed by atoms with Crippen LogP contribution in [0.15, 0.2) is 0 Å². The molecule has 0 aromatic carbocycles. The number of rotatable bonds is 1. The van der Waals surface area contributed by atoms with Crippen LogP contribution in [0.1, 0.15) is 46.0 Å². The van der Waals surface area contributed by atoms with Crippen LogP contribution >= 0.6 is 0 Å². The van der Waals surface area contributed by atoms with Crippen molar-refractivity contribution in [3.63, 3.8) is 0 Å². The molecule has 0 aliphatic heterocycles. The van der Waals surface area contributed by atoms with Crippen LogP contribution in [0.5, 0.6) is 0 Å². The highest BCUT2D eigenvalue weighted by molar-refractivity contribution is 4.88. The van der Waals surface area contributed by atoms with E-state index >= 15 is 0 Å². The van der Waals surface area contributed by atoms with Gasteiger partial charge in [-0.25, -0.2) is 0 Å². The van der Waals surface area contributed by atoms with Crippen LogP contribution in [0.2, 0.25) is 0 Å². The highest BCUT2D eigenvalue weighted by Crippen LogP contribution is 2.32. The van der Waals surface area contributed by atoms with Gasteiger partial charge in [-0.2, -0.15) is 0 Å². The summed E-state index contributed by atoms with van der Waals surface area (Å²) in [7, 11) is 0. The van der Waals surface area contributed by atoms with Crippen LogP contribution in [-0.2, 0) is 0 Å². The van der Waals surface area contributed by atoms with Gasteiger partial charge in [0.05, 0.1) is 0 Å². The van der Waals surface area contributed by atoms with Gasteiger partial charge in [-0.05, 0) is 18.8 Å². The molecule has 0 spiro atoms. The van der Waals surface area contributed by atoms with E-state index in [2.05, 4.69) is 13.8 Å². The van der Waals surface area contributed by atoms with Crippen LogP contribution in [0.3, 0.4) is 0 Å². The molecule has 59 valence electrons. The predicted molar refractivity (Wildman–Crippen MR) is 43.8 cm³/mol. The fourth-order valence-electron chi connectivity index (χ4n) is 1.76. The molecule has 0 amide bonds. The molecule has 1 radical (unpaired) electrons. The molecule has 1 rings (SSSR count). The summed E-state index contributed by atoms with van der Waals surface area (Å²) in [4.78, 5) is 0. The second kappa shape index (κ2) is 2.91.